The molecule has 3 aromatic heterocycles. The normalized spacial score (nSPS) is 11.2. The summed E-state index contributed by atoms with van der Waals surface area (Å²) in [5.74, 6) is 0.926. The number of hydrogen-bond acceptors (Lipinski definition) is 7. The average Bonchev–Trinajstić information content (AvgIpc) is 3.24. The number of Topliss-reactive ketones (excluding diaryl/α,β-unsaturated/α-hetero) is 1. The van der Waals surface area contributed by atoms with E-state index < -0.39 is 0 Å². The van der Waals surface area contributed by atoms with Crippen molar-refractivity contribution >= 4 is 49.3 Å². The number of hydrogen-bond donors (Lipinski definition) is 0. The van der Waals surface area contributed by atoms with Crippen LogP contribution >= 0.6 is 23.1 Å². The van der Waals surface area contributed by atoms with Crippen LogP contribution < -0.4 is 10.3 Å². The minimum absolute atomic E-state index is 0.00723. The smallest absolute Gasteiger partial charge is 0.272 e. The first kappa shape index (κ1) is 22.3. The Kier molecular flexibility index (Phi) is 6.17. The van der Waals surface area contributed by atoms with Crippen LogP contribution in [0, 0.1) is 6.92 Å². The van der Waals surface area contributed by atoms with E-state index in [1.54, 1.807) is 17.9 Å². The Bertz CT molecular complexity index is 1560. The van der Waals surface area contributed by atoms with Gasteiger partial charge in [0.2, 0.25) is 0 Å². The molecule has 0 aliphatic rings. The van der Waals surface area contributed by atoms with E-state index in [0.29, 0.717) is 27.5 Å². The first-order valence-electron chi connectivity index (χ1n) is 10.7. The van der Waals surface area contributed by atoms with Crippen LogP contribution in [0.5, 0.6) is 5.75 Å². The van der Waals surface area contributed by atoms with Crippen molar-refractivity contribution in [2.75, 3.05) is 12.9 Å². The molecule has 0 unspecified atom stereocenters. The van der Waals surface area contributed by atoms with Crippen LogP contribution in [-0.4, -0.2) is 33.2 Å². The van der Waals surface area contributed by atoms with Crippen molar-refractivity contribution in [1.29, 1.82) is 0 Å². The number of thiophene rings is 1. The summed E-state index contributed by atoms with van der Waals surface area (Å²) in [6.07, 6.45) is 1.71. The summed E-state index contributed by atoms with van der Waals surface area (Å²) < 4.78 is 7.46. The van der Waals surface area contributed by atoms with Crippen molar-refractivity contribution in [2.45, 2.75) is 18.6 Å². The molecule has 0 saturated carbocycles. The Morgan fingerprint density at radius 3 is 2.59 bits per heavy atom. The predicted molar refractivity (Wildman–Crippen MR) is 138 cm³/mol. The third-order valence-electron chi connectivity index (χ3n) is 5.52. The molecule has 0 aliphatic heterocycles. The van der Waals surface area contributed by atoms with E-state index in [0.717, 1.165) is 27.1 Å². The zero-order valence-electron chi connectivity index (χ0n) is 18.6. The Labute approximate surface area is 204 Å². The average molecular weight is 488 g/mol. The maximum atomic E-state index is 13.6. The highest BCUT2D eigenvalue weighted by Crippen LogP contribution is 2.31. The third kappa shape index (κ3) is 4.34. The number of pyridine rings is 1. The monoisotopic (exact) mass is 487 g/mol. The van der Waals surface area contributed by atoms with Gasteiger partial charge in [-0.15, -0.1) is 11.3 Å². The van der Waals surface area contributed by atoms with Crippen LogP contribution in [0.4, 0.5) is 0 Å². The van der Waals surface area contributed by atoms with Crippen LogP contribution in [0.1, 0.15) is 21.5 Å². The fourth-order valence-electron chi connectivity index (χ4n) is 3.66. The van der Waals surface area contributed by atoms with Gasteiger partial charge in [0.15, 0.2) is 10.9 Å². The summed E-state index contributed by atoms with van der Waals surface area (Å²) in [5, 5.41) is 1.36. The van der Waals surface area contributed by atoms with E-state index >= 15 is 0 Å². The van der Waals surface area contributed by atoms with E-state index in [1.807, 2.05) is 67.6 Å². The fourth-order valence-corrected chi connectivity index (χ4v) is 5.57. The lowest BCUT2D eigenvalue weighted by atomic mass is 10.1. The molecule has 2 aromatic carbocycles. The number of rotatable bonds is 7. The molecule has 5 rings (SSSR count). The lowest BCUT2D eigenvalue weighted by molar-refractivity contribution is 0.102. The Hall–Kier alpha value is -3.49. The molecule has 5 aromatic rings. The Morgan fingerprint density at radius 1 is 1.09 bits per heavy atom. The van der Waals surface area contributed by atoms with E-state index in [9.17, 15) is 9.59 Å². The molecule has 0 saturated heterocycles. The number of methoxy groups -OCH3 is 1. The van der Waals surface area contributed by atoms with Crippen molar-refractivity contribution in [3.63, 3.8) is 0 Å². The van der Waals surface area contributed by atoms with E-state index in [2.05, 4.69) is 4.98 Å². The first-order valence-corrected chi connectivity index (χ1v) is 12.5. The van der Waals surface area contributed by atoms with E-state index in [1.165, 1.54) is 23.1 Å². The van der Waals surface area contributed by atoms with E-state index in [4.69, 9.17) is 9.72 Å². The van der Waals surface area contributed by atoms with Crippen LogP contribution in [0.15, 0.2) is 76.8 Å². The summed E-state index contributed by atoms with van der Waals surface area (Å²) in [4.78, 5) is 36.4. The number of ketones is 1. The number of carbonyl (C=O) groups is 1. The van der Waals surface area contributed by atoms with Gasteiger partial charge in [0.05, 0.1) is 24.9 Å². The highest BCUT2D eigenvalue weighted by molar-refractivity contribution is 7.99. The summed E-state index contributed by atoms with van der Waals surface area (Å²) >= 11 is 2.63. The number of aromatic nitrogens is 3. The number of thioether (sulfide) groups is 1. The minimum atomic E-state index is -0.130. The van der Waals surface area contributed by atoms with Crippen LogP contribution in [0.3, 0.4) is 0 Å². The summed E-state index contributed by atoms with van der Waals surface area (Å²) in [6, 6.07) is 18.8. The minimum Gasteiger partial charge on any atom is -0.497 e. The maximum absolute atomic E-state index is 13.6. The van der Waals surface area contributed by atoms with Crippen molar-refractivity contribution < 1.29 is 9.53 Å². The van der Waals surface area contributed by atoms with Crippen molar-refractivity contribution in [3.8, 4) is 5.75 Å². The van der Waals surface area contributed by atoms with Crippen LogP contribution in [-0.2, 0) is 6.54 Å². The molecule has 8 heteroatoms. The molecule has 0 bridgehead atoms. The number of ether oxygens (including phenoxy) is 1. The molecular formula is C26H21N3O3S2. The SMILES string of the molecule is COc1ccc(Cn2c(SCC(=O)c3ccc(C)cc3)nc3c(sc4ncccc43)c2=O)cc1. The van der Waals surface area contributed by atoms with Crippen molar-refractivity contribution in [3.05, 3.63) is 93.9 Å². The highest BCUT2D eigenvalue weighted by Gasteiger charge is 2.18. The predicted octanol–water partition coefficient (Wildman–Crippen LogP) is 5.35. The molecule has 0 N–H and O–H groups in total. The van der Waals surface area contributed by atoms with E-state index in [-0.39, 0.29) is 17.1 Å². The Morgan fingerprint density at radius 2 is 1.85 bits per heavy atom. The first-order chi connectivity index (χ1) is 16.5. The van der Waals surface area contributed by atoms with Gasteiger partial charge in [-0.1, -0.05) is 53.7 Å². The number of aryl methyl sites for hydroxylation is 1. The van der Waals surface area contributed by atoms with Crippen LogP contribution in [0.2, 0.25) is 0 Å². The lowest BCUT2D eigenvalue weighted by Crippen LogP contribution is -2.23. The summed E-state index contributed by atoms with van der Waals surface area (Å²) in [6.45, 7) is 2.33. The van der Waals surface area contributed by atoms with Gasteiger partial charge in [-0.25, -0.2) is 9.97 Å². The number of benzene rings is 2. The number of carbonyl (C=O) groups excluding carboxylic acids is 1. The van der Waals surface area contributed by atoms with Gasteiger partial charge >= 0.3 is 0 Å². The third-order valence-corrected chi connectivity index (χ3v) is 7.59. The standard InChI is InChI=1S/C26H21N3O3S2/c1-16-5-9-18(10-6-16)21(30)15-33-26-28-22-20-4-3-13-27-24(20)34-23(22)25(31)29(26)14-17-7-11-19(32-2)12-8-17/h3-13H,14-15H2,1-2H3. The molecule has 170 valence electrons. The van der Waals surface area contributed by atoms with Gasteiger partial charge in [-0.05, 0) is 36.8 Å². The van der Waals surface area contributed by atoms with Gasteiger partial charge in [0, 0.05) is 17.1 Å². The molecule has 0 spiro atoms. The fraction of sp³-hybridized carbons (Fsp3) is 0.154. The van der Waals surface area contributed by atoms with Gasteiger partial charge in [0.25, 0.3) is 5.56 Å². The largest absolute Gasteiger partial charge is 0.497 e. The number of nitrogens with zero attached hydrogens (tertiary/aromatic N) is 3. The van der Waals surface area contributed by atoms with Crippen molar-refractivity contribution in [1.82, 2.24) is 14.5 Å². The maximum Gasteiger partial charge on any atom is 0.272 e. The zero-order valence-corrected chi connectivity index (χ0v) is 20.3. The Balaban J connectivity index is 1.55. The summed E-state index contributed by atoms with van der Waals surface area (Å²) in [5.41, 5.74) is 3.19. The molecule has 34 heavy (non-hydrogen) atoms. The quantitative estimate of drug-likeness (QED) is 0.175. The molecule has 0 amide bonds. The second kappa shape index (κ2) is 9.40. The zero-order chi connectivity index (χ0) is 23.7. The molecule has 6 nitrogen and oxygen atoms in total. The molecular weight excluding hydrogens is 466 g/mol. The molecule has 0 atom stereocenters. The molecule has 0 radical (unpaired) electrons. The molecule has 0 aliphatic carbocycles. The van der Waals surface area contributed by atoms with Gasteiger partial charge < -0.3 is 4.74 Å². The molecule has 0 fully saturated rings. The van der Waals surface area contributed by atoms with Crippen molar-refractivity contribution in [2.24, 2.45) is 0 Å². The second-order valence-corrected chi connectivity index (χ2v) is 9.79. The van der Waals surface area contributed by atoms with Gasteiger partial charge in [-0.2, -0.15) is 0 Å². The summed E-state index contributed by atoms with van der Waals surface area (Å²) in [7, 11) is 1.62. The molecule has 3 heterocycles. The van der Waals surface area contributed by atoms with Crippen LogP contribution in [0.25, 0.3) is 20.4 Å². The van der Waals surface area contributed by atoms with Gasteiger partial charge in [-0.3, -0.25) is 14.2 Å². The number of fused-ring (bicyclic) bond motifs is 3. The highest BCUT2D eigenvalue weighted by atomic mass is 32.2. The second-order valence-electron chi connectivity index (χ2n) is 7.85. The lowest BCUT2D eigenvalue weighted by Gasteiger charge is -2.12. The van der Waals surface area contributed by atoms with Gasteiger partial charge in [0.1, 0.15) is 15.3 Å². The topological polar surface area (TPSA) is 74.1 Å².